The molecule has 0 bridgehead atoms. The monoisotopic (exact) mass is 412 g/mol. The van der Waals surface area contributed by atoms with Crippen LogP contribution in [-0.2, 0) is 9.59 Å². The molecule has 1 unspecified atom stereocenters. The van der Waals surface area contributed by atoms with Crippen molar-refractivity contribution in [1.82, 2.24) is 0 Å². The molecular formula is C17H12BrF3N2O2. The zero-order chi connectivity index (χ0) is 18.1. The van der Waals surface area contributed by atoms with Crippen molar-refractivity contribution >= 4 is 39.1 Å². The molecule has 2 amide bonds. The molecule has 0 spiro atoms. The third-order valence-corrected chi connectivity index (χ3v) is 4.36. The first-order chi connectivity index (χ1) is 11.8. The van der Waals surface area contributed by atoms with E-state index >= 15 is 0 Å². The number of carbonyl (C=O) groups excluding carboxylic acids is 2. The molecule has 1 N–H and O–H groups in total. The molecule has 25 heavy (non-hydrogen) atoms. The van der Waals surface area contributed by atoms with Crippen LogP contribution in [0, 0.1) is 23.4 Å². The fraction of sp³-hybridized carbons (Fsp3) is 0.176. The molecule has 1 heterocycles. The Kier molecular flexibility index (Phi) is 4.80. The van der Waals surface area contributed by atoms with E-state index in [9.17, 15) is 22.8 Å². The number of halogens is 4. The van der Waals surface area contributed by atoms with E-state index < -0.39 is 35.2 Å². The van der Waals surface area contributed by atoms with Crippen molar-refractivity contribution in [2.75, 3.05) is 16.8 Å². The van der Waals surface area contributed by atoms with E-state index in [-0.39, 0.29) is 24.3 Å². The summed E-state index contributed by atoms with van der Waals surface area (Å²) >= 11 is 3.11. The molecule has 1 aliphatic rings. The van der Waals surface area contributed by atoms with E-state index in [1.54, 1.807) is 6.07 Å². The standard InChI is InChI=1S/C17H12BrF3N2O2/c18-9-1-2-15(14(21)5-9)22-16(24)13-3-4-23(17(13)25)12-7-10(19)6-11(20)8-12/h1-2,5-8,13H,3-4H2,(H,22,24). The molecule has 1 aliphatic heterocycles. The van der Waals surface area contributed by atoms with Gasteiger partial charge in [-0.25, -0.2) is 13.2 Å². The first-order valence-electron chi connectivity index (χ1n) is 7.38. The van der Waals surface area contributed by atoms with Crippen molar-refractivity contribution in [2.24, 2.45) is 5.92 Å². The third kappa shape index (κ3) is 3.68. The van der Waals surface area contributed by atoms with Gasteiger partial charge in [0.25, 0.3) is 0 Å². The number of benzene rings is 2. The van der Waals surface area contributed by atoms with E-state index in [0.717, 1.165) is 17.0 Å². The Bertz CT molecular complexity index is 840. The van der Waals surface area contributed by atoms with Crippen molar-refractivity contribution in [2.45, 2.75) is 6.42 Å². The van der Waals surface area contributed by atoms with Crippen molar-refractivity contribution in [3.8, 4) is 0 Å². The lowest BCUT2D eigenvalue weighted by molar-refractivity contribution is -0.129. The van der Waals surface area contributed by atoms with Gasteiger partial charge in [0.2, 0.25) is 11.8 Å². The normalized spacial score (nSPS) is 17.0. The maximum absolute atomic E-state index is 13.8. The summed E-state index contributed by atoms with van der Waals surface area (Å²) in [6, 6.07) is 6.86. The van der Waals surface area contributed by atoms with Gasteiger partial charge in [0.05, 0.1) is 5.69 Å². The fourth-order valence-corrected chi connectivity index (χ4v) is 3.02. The van der Waals surface area contributed by atoms with Gasteiger partial charge in [-0.15, -0.1) is 0 Å². The van der Waals surface area contributed by atoms with Crippen molar-refractivity contribution in [3.63, 3.8) is 0 Å². The van der Waals surface area contributed by atoms with Gasteiger partial charge in [0.1, 0.15) is 23.4 Å². The molecule has 8 heteroatoms. The second-order valence-corrected chi connectivity index (χ2v) is 6.49. The molecule has 4 nitrogen and oxygen atoms in total. The van der Waals surface area contributed by atoms with Crippen LogP contribution < -0.4 is 10.2 Å². The highest BCUT2D eigenvalue weighted by atomic mass is 79.9. The summed E-state index contributed by atoms with van der Waals surface area (Å²) in [5, 5.41) is 2.37. The predicted molar refractivity (Wildman–Crippen MR) is 89.5 cm³/mol. The van der Waals surface area contributed by atoms with Crippen LogP contribution >= 0.6 is 15.9 Å². The molecule has 2 aromatic carbocycles. The lowest BCUT2D eigenvalue weighted by Gasteiger charge is -2.17. The molecule has 1 atom stereocenters. The second-order valence-electron chi connectivity index (χ2n) is 5.57. The summed E-state index contributed by atoms with van der Waals surface area (Å²) in [6.07, 6.45) is 0.168. The van der Waals surface area contributed by atoms with E-state index in [2.05, 4.69) is 21.2 Å². The van der Waals surface area contributed by atoms with Gasteiger partial charge < -0.3 is 10.2 Å². The highest BCUT2D eigenvalue weighted by Crippen LogP contribution is 2.28. The number of hydrogen-bond donors (Lipinski definition) is 1. The minimum absolute atomic E-state index is 0.0451. The highest BCUT2D eigenvalue weighted by Gasteiger charge is 2.38. The number of carbonyl (C=O) groups is 2. The molecule has 0 aliphatic carbocycles. The number of anilines is 2. The van der Waals surface area contributed by atoms with Gasteiger partial charge >= 0.3 is 0 Å². The minimum atomic E-state index is -1.05. The first kappa shape index (κ1) is 17.5. The van der Waals surface area contributed by atoms with Gasteiger partial charge in [0.15, 0.2) is 0 Å². The van der Waals surface area contributed by atoms with Crippen molar-refractivity contribution < 1.29 is 22.8 Å². The van der Waals surface area contributed by atoms with Gasteiger partial charge in [-0.3, -0.25) is 9.59 Å². The predicted octanol–water partition coefficient (Wildman–Crippen LogP) is 3.86. The lowest BCUT2D eigenvalue weighted by atomic mass is 10.1. The Morgan fingerprint density at radius 2 is 1.80 bits per heavy atom. The van der Waals surface area contributed by atoms with Crippen LogP contribution in [0.1, 0.15) is 6.42 Å². The number of nitrogens with zero attached hydrogens (tertiary/aromatic N) is 1. The maximum atomic E-state index is 13.8. The summed E-state index contributed by atoms with van der Waals surface area (Å²) in [6.45, 7) is 0.142. The quantitative estimate of drug-likeness (QED) is 0.778. The number of rotatable bonds is 3. The van der Waals surface area contributed by atoms with E-state index in [1.165, 1.54) is 12.1 Å². The topological polar surface area (TPSA) is 49.4 Å². The van der Waals surface area contributed by atoms with Crippen molar-refractivity contribution in [1.29, 1.82) is 0 Å². The van der Waals surface area contributed by atoms with Crippen molar-refractivity contribution in [3.05, 3.63) is 58.3 Å². The number of nitrogens with one attached hydrogen (secondary N) is 1. The summed E-state index contributed by atoms with van der Waals surface area (Å²) < 4.78 is 41.0. The van der Waals surface area contributed by atoms with Gasteiger partial charge in [-0.1, -0.05) is 15.9 Å². The summed E-state index contributed by atoms with van der Waals surface area (Å²) in [5.41, 5.74) is 0.00359. The van der Waals surface area contributed by atoms with E-state index in [4.69, 9.17) is 0 Å². The molecular weight excluding hydrogens is 401 g/mol. The largest absolute Gasteiger partial charge is 0.323 e. The summed E-state index contributed by atoms with van der Waals surface area (Å²) in [4.78, 5) is 25.9. The van der Waals surface area contributed by atoms with Crippen LogP contribution in [0.3, 0.4) is 0 Å². The molecule has 2 aromatic rings. The summed E-state index contributed by atoms with van der Waals surface area (Å²) in [7, 11) is 0. The van der Waals surface area contributed by atoms with Crippen LogP contribution in [0.25, 0.3) is 0 Å². The molecule has 0 radical (unpaired) electrons. The molecule has 0 saturated carbocycles. The molecule has 130 valence electrons. The fourth-order valence-electron chi connectivity index (χ4n) is 2.69. The Hall–Kier alpha value is -2.35. The highest BCUT2D eigenvalue weighted by molar-refractivity contribution is 9.10. The molecule has 1 saturated heterocycles. The Labute approximate surface area is 149 Å². The van der Waals surface area contributed by atoms with Crippen LogP contribution in [-0.4, -0.2) is 18.4 Å². The van der Waals surface area contributed by atoms with Crippen LogP contribution in [0.2, 0.25) is 0 Å². The molecule has 0 aromatic heterocycles. The van der Waals surface area contributed by atoms with Crippen LogP contribution in [0.5, 0.6) is 0 Å². The number of amides is 2. The van der Waals surface area contributed by atoms with Gasteiger partial charge in [-0.05, 0) is 36.8 Å². The Balaban J connectivity index is 1.76. The minimum Gasteiger partial charge on any atom is -0.323 e. The van der Waals surface area contributed by atoms with E-state index in [0.29, 0.717) is 10.5 Å². The average molecular weight is 413 g/mol. The second kappa shape index (κ2) is 6.87. The van der Waals surface area contributed by atoms with Crippen LogP contribution in [0.4, 0.5) is 24.5 Å². The lowest BCUT2D eigenvalue weighted by Crippen LogP contribution is -2.33. The first-order valence-corrected chi connectivity index (χ1v) is 8.18. The van der Waals surface area contributed by atoms with Gasteiger partial charge in [-0.2, -0.15) is 0 Å². The third-order valence-electron chi connectivity index (χ3n) is 3.87. The average Bonchev–Trinajstić information content (AvgIpc) is 2.91. The molecule has 3 rings (SSSR count). The smallest absolute Gasteiger partial charge is 0.239 e. The zero-order valence-electron chi connectivity index (χ0n) is 12.7. The maximum Gasteiger partial charge on any atom is 0.239 e. The summed E-state index contributed by atoms with van der Waals surface area (Å²) in [5.74, 6) is -4.56. The zero-order valence-corrected chi connectivity index (χ0v) is 14.3. The Morgan fingerprint density at radius 3 is 2.44 bits per heavy atom. The molecule has 1 fully saturated rings. The Morgan fingerprint density at radius 1 is 1.12 bits per heavy atom. The number of hydrogen-bond acceptors (Lipinski definition) is 2. The van der Waals surface area contributed by atoms with Crippen LogP contribution in [0.15, 0.2) is 40.9 Å². The SMILES string of the molecule is O=C(Nc1ccc(Br)cc1F)C1CCN(c2cc(F)cc(F)c2)C1=O. The van der Waals surface area contributed by atoms with Gasteiger partial charge in [0, 0.05) is 22.8 Å². The van der Waals surface area contributed by atoms with E-state index in [1.807, 2.05) is 0 Å².